The van der Waals surface area contributed by atoms with Crippen LogP contribution in [-0.2, 0) is 0 Å². The van der Waals surface area contributed by atoms with Crippen LogP contribution in [0.25, 0.3) is 22.8 Å². The number of benzene rings is 2. The molecule has 0 unspecified atom stereocenters. The van der Waals surface area contributed by atoms with Crippen LogP contribution in [0.5, 0.6) is 0 Å². The molecule has 0 spiro atoms. The predicted octanol–water partition coefficient (Wildman–Crippen LogP) is 6.78. The highest BCUT2D eigenvalue weighted by Crippen LogP contribution is 2.38. The monoisotopic (exact) mass is 405 g/mol. The van der Waals surface area contributed by atoms with Crippen molar-refractivity contribution in [3.63, 3.8) is 0 Å². The normalized spacial score (nSPS) is 19.0. The quantitative estimate of drug-likeness (QED) is 0.320. The van der Waals surface area contributed by atoms with Gasteiger partial charge < -0.3 is 4.52 Å². The molecule has 0 atom stereocenters. The second-order valence-corrected chi connectivity index (χ2v) is 8.21. The fourth-order valence-electron chi connectivity index (χ4n) is 4.37. The Balaban J connectivity index is 1.41. The zero-order chi connectivity index (χ0) is 20.9. The van der Waals surface area contributed by atoms with Gasteiger partial charge in [-0.1, -0.05) is 43.5 Å². The number of aromatic nitrogens is 2. The van der Waals surface area contributed by atoms with Gasteiger partial charge in [-0.25, -0.2) is 0 Å². The van der Waals surface area contributed by atoms with Crippen molar-refractivity contribution >= 4 is 5.69 Å². The topological polar surface area (TPSA) is 82.1 Å². The third-order valence-corrected chi connectivity index (χ3v) is 6.20. The molecule has 0 radical (unpaired) electrons. The molecule has 0 amide bonds. The Morgan fingerprint density at radius 3 is 2.30 bits per heavy atom. The summed E-state index contributed by atoms with van der Waals surface area (Å²) in [6, 6.07) is 14.6. The maximum atomic E-state index is 10.8. The van der Waals surface area contributed by atoms with Gasteiger partial charge in [-0.05, 0) is 67.3 Å². The number of unbranched alkanes of at least 4 members (excludes halogenated alkanes) is 1. The fraction of sp³-hybridized carbons (Fsp3) is 0.417. The summed E-state index contributed by atoms with van der Waals surface area (Å²) in [7, 11) is 0. The average molecular weight is 405 g/mol. The van der Waals surface area contributed by atoms with E-state index in [4.69, 9.17) is 4.52 Å². The van der Waals surface area contributed by atoms with Crippen molar-refractivity contribution in [1.29, 1.82) is 0 Å². The summed E-state index contributed by atoms with van der Waals surface area (Å²) >= 11 is 0. The minimum atomic E-state index is -0.426. The van der Waals surface area contributed by atoms with Gasteiger partial charge in [0.25, 0.3) is 11.6 Å². The van der Waals surface area contributed by atoms with Gasteiger partial charge in [0.15, 0.2) is 0 Å². The number of nitrogens with zero attached hydrogens (tertiary/aromatic N) is 3. The zero-order valence-electron chi connectivity index (χ0n) is 17.3. The van der Waals surface area contributed by atoms with Crippen LogP contribution in [-0.4, -0.2) is 15.1 Å². The molecule has 1 aliphatic rings. The van der Waals surface area contributed by atoms with Crippen molar-refractivity contribution in [2.75, 3.05) is 0 Å². The molecule has 4 rings (SSSR count). The van der Waals surface area contributed by atoms with E-state index in [0.717, 1.165) is 11.5 Å². The van der Waals surface area contributed by atoms with E-state index < -0.39 is 4.92 Å². The molecule has 30 heavy (non-hydrogen) atoms. The highest BCUT2D eigenvalue weighted by atomic mass is 16.6. The first kappa shape index (κ1) is 20.3. The van der Waals surface area contributed by atoms with Crippen LogP contribution < -0.4 is 0 Å². The third kappa shape index (κ3) is 4.58. The van der Waals surface area contributed by atoms with Crippen LogP contribution in [0.1, 0.15) is 63.4 Å². The van der Waals surface area contributed by atoms with Gasteiger partial charge in [-0.2, -0.15) is 4.98 Å². The summed E-state index contributed by atoms with van der Waals surface area (Å²) in [5, 5.41) is 14.8. The lowest BCUT2D eigenvalue weighted by atomic mass is 9.77. The molecule has 1 aromatic heterocycles. The summed E-state index contributed by atoms with van der Waals surface area (Å²) in [4.78, 5) is 14.8. The summed E-state index contributed by atoms with van der Waals surface area (Å²) in [6.07, 6.45) is 9.27. The largest absolute Gasteiger partial charge is 0.334 e. The van der Waals surface area contributed by atoms with Crippen LogP contribution in [0.3, 0.4) is 0 Å². The lowest BCUT2D eigenvalue weighted by Crippen LogP contribution is -2.13. The van der Waals surface area contributed by atoms with Gasteiger partial charge in [0.05, 0.1) is 4.92 Å². The Hall–Kier alpha value is -3.02. The summed E-state index contributed by atoms with van der Waals surface area (Å²) in [5.74, 6) is 2.44. The van der Waals surface area contributed by atoms with Crippen molar-refractivity contribution in [1.82, 2.24) is 10.1 Å². The lowest BCUT2D eigenvalue weighted by Gasteiger charge is -2.28. The maximum absolute atomic E-state index is 10.8. The first-order chi connectivity index (χ1) is 14.6. The van der Waals surface area contributed by atoms with Crippen molar-refractivity contribution < 1.29 is 9.45 Å². The molecule has 1 heterocycles. The Morgan fingerprint density at radius 2 is 1.67 bits per heavy atom. The molecule has 1 saturated carbocycles. The van der Waals surface area contributed by atoms with Crippen LogP contribution >= 0.6 is 0 Å². The average Bonchev–Trinajstić information content (AvgIpc) is 3.28. The number of rotatable bonds is 7. The van der Waals surface area contributed by atoms with Gasteiger partial charge in [0, 0.05) is 23.3 Å². The molecule has 1 aliphatic carbocycles. The van der Waals surface area contributed by atoms with Crippen molar-refractivity contribution in [2.24, 2.45) is 5.92 Å². The highest BCUT2D eigenvalue weighted by molar-refractivity contribution is 5.61. The molecule has 156 valence electrons. The van der Waals surface area contributed by atoms with Crippen LogP contribution in [0.15, 0.2) is 53.1 Å². The van der Waals surface area contributed by atoms with E-state index in [2.05, 4.69) is 29.2 Å². The molecular weight excluding hydrogens is 378 g/mol. The number of nitro benzene ring substituents is 1. The Labute approximate surface area is 176 Å². The molecule has 6 nitrogen and oxygen atoms in total. The molecule has 3 aromatic rings. The number of non-ortho nitro benzene ring substituents is 1. The zero-order valence-corrected chi connectivity index (χ0v) is 17.3. The number of nitro groups is 1. The Bertz CT molecular complexity index is 972. The van der Waals surface area contributed by atoms with Crippen LogP contribution in [0, 0.1) is 16.0 Å². The number of hydrogen-bond donors (Lipinski definition) is 0. The lowest BCUT2D eigenvalue weighted by molar-refractivity contribution is -0.384. The van der Waals surface area contributed by atoms with Crippen molar-refractivity contribution in [3.8, 4) is 22.8 Å². The summed E-state index contributed by atoms with van der Waals surface area (Å²) < 4.78 is 5.42. The van der Waals surface area contributed by atoms with Crippen LogP contribution in [0.2, 0.25) is 0 Å². The van der Waals surface area contributed by atoms with Gasteiger partial charge in [0.2, 0.25) is 5.82 Å². The smallest absolute Gasteiger partial charge is 0.269 e. The second kappa shape index (κ2) is 9.20. The minimum absolute atomic E-state index is 0.0393. The van der Waals surface area contributed by atoms with Gasteiger partial charge in [-0.15, -0.1) is 0 Å². The Morgan fingerprint density at radius 1 is 1.00 bits per heavy atom. The molecule has 6 heteroatoms. The summed E-state index contributed by atoms with van der Waals surface area (Å²) in [6.45, 7) is 2.27. The molecule has 1 fully saturated rings. The first-order valence-electron chi connectivity index (χ1n) is 10.8. The SMILES string of the molecule is CCCCC1CCC(c2ccc(-c3nc(-c4ccc([N+](=O)[O-])cc4)no3)cc2)CC1. The third-order valence-electron chi connectivity index (χ3n) is 6.20. The second-order valence-electron chi connectivity index (χ2n) is 8.21. The molecule has 0 saturated heterocycles. The van der Waals surface area contributed by atoms with Gasteiger partial charge in [-0.3, -0.25) is 10.1 Å². The van der Waals surface area contributed by atoms with E-state index >= 15 is 0 Å². The summed E-state index contributed by atoms with van der Waals surface area (Å²) in [5.41, 5.74) is 3.00. The molecule has 2 aromatic carbocycles. The highest BCUT2D eigenvalue weighted by Gasteiger charge is 2.22. The number of hydrogen-bond acceptors (Lipinski definition) is 5. The standard InChI is InChI=1S/C24H27N3O3/c1-2-3-4-17-5-7-18(8-6-17)19-9-11-21(12-10-19)24-25-23(26-30-24)20-13-15-22(16-14-20)27(28)29/h9-18H,2-8H2,1H3. The molecule has 0 N–H and O–H groups in total. The fourth-order valence-corrected chi connectivity index (χ4v) is 4.37. The maximum Gasteiger partial charge on any atom is 0.269 e. The van der Waals surface area contributed by atoms with E-state index in [1.807, 2.05) is 12.1 Å². The van der Waals surface area contributed by atoms with E-state index in [9.17, 15) is 10.1 Å². The van der Waals surface area contributed by atoms with Crippen molar-refractivity contribution in [2.45, 2.75) is 57.8 Å². The predicted molar refractivity (Wildman–Crippen MR) is 116 cm³/mol. The minimum Gasteiger partial charge on any atom is -0.334 e. The first-order valence-corrected chi connectivity index (χ1v) is 10.8. The molecule has 0 aliphatic heterocycles. The van der Waals surface area contributed by atoms with E-state index in [1.165, 1.54) is 62.6 Å². The Kier molecular flexibility index (Phi) is 6.21. The van der Waals surface area contributed by atoms with E-state index in [1.54, 1.807) is 12.1 Å². The van der Waals surface area contributed by atoms with E-state index in [0.29, 0.717) is 23.2 Å². The van der Waals surface area contributed by atoms with Crippen LogP contribution in [0.4, 0.5) is 5.69 Å². The van der Waals surface area contributed by atoms with E-state index in [-0.39, 0.29) is 5.69 Å². The molecule has 0 bridgehead atoms. The van der Waals surface area contributed by atoms with Crippen molar-refractivity contribution in [3.05, 3.63) is 64.2 Å². The van der Waals surface area contributed by atoms with Gasteiger partial charge >= 0.3 is 0 Å². The van der Waals surface area contributed by atoms with Gasteiger partial charge in [0.1, 0.15) is 0 Å². The molecular formula is C24H27N3O3.